The van der Waals surface area contributed by atoms with E-state index in [1.165, 1.54) is 150 Å². The van der Waals surface area contributed by atoms with E-state index in [0.717, 1.165) is 70.0 Å². The summed E-state index contributed by atoms with van der Waals surface area (Å²) in [7, 11) is 0. The van der Waals surface area contributed by atoms with Crippen molar-refractivity contribution in [3.05, 3.63) is 45.8 Å². The highest BCUT2D eigenvalue weighted by molar-refractivity contribution is 5.70. The van der Waals surface area contributed by atoms with Gasteiger partial charge in [0.2, 0.25) is 0 Å². The molecule has 7 heteroatoms. The molecular weight excluding hydrogens is 689 g/mol. The van der Waals surface area contributed by atoms with Crippen molar-refractivity contribution >= 4 is 11.9 Å². The largest absolute Gasteiger partial charge is 0.466 e. The highest BCUT2D eigenvalue weighted by Crippen LogP contribution is 2.25. The number of esters is 2. The zero-order valence-corrected chi connectivity index (χ0v) is 36.2. The Bertz CT molecular complexity index is 1260. The van der Waals surface area contributed by atoms with Gasteiger partial charge in [0.05, 0.1) is 6.61 Å². The second kappa shape index (κ2) is 31.5. The number of hydrogen-bond acceptors (Lipinski definition) is 7. The molecule has 0 aromatic carbocycles. The molecule has 1 atom stereocenters. The van der Waals surface area contributed by atoms with E-state index in [0.29, 0.717) is 12.8 Å². The van der Waals surface area contributed by atoms with Crippen LogP contribution in [-0.2, 0) is 44.7 Å². The van der Waals surface area contributed by atoms with Crippen molar-refractivity contribution in [3.63, 3.8) is 0 Å². The van der Waals surface area contributed by atoms with Crippen LogP contribution in [0, 0.1) is 20.8 Å². The zero-order valence-electron chi connectivity index (χ0n) is 36.2. The van der Waals surface area contributed by atoms with Crippen LogP contribution < -0.4 is 0 Å². The van der Waals surface area contributed by atoms with Crippen molar-refractivity contribution in [2.24, 2.45) is 0 Å². The maximum absolute atomic E-state index is 12.3. The van der Waals surface area contributed by atoms with Crippen LogP contribution >= 0.6 is 0 Å². The second-order valence-electron chi connectivity index (χ2n) is 16.3. The van der Waals surface area contributed by atoms with E-state index >= 15 is 0 Å². The summed E-state index contributed by atoms with van der Waals surface area (Å²) in [4.78, 5) is 24.5. The Hall–Kier alpha value is -2.54. The first-order valence-corrected chi connectivity index (χ1v) is 22.9. The van der Waals surface area contributed by atoms with Crippen molar-refractivity contribution in [2.75, 3.05) is 13.2 Å². The van der Waals surface area contributed by atoms with Crippen LogP contribution in [0.3, 0.4) is 0 Å². The van der Waals surface area contributed by atoms with E-state index in [1.807, 2.05) is 0 Å². The highest BCUT2D eigenvalue weighted by atomic mass is 16.6. The number of furan rings is 2. The fourth-order valence-corrected chi connectivity index (χ4v) is 7.46. The molecule has 0 aliphatic carbocycles. The minimum atomic E-state index is -0.791. The van der Waals surface area contributed by atoms with Gasteiger partial charge in [0.1, 0.15) is 29.6 Å². The van der Waals surface area contributed by atoms with Gasteiger partial charge >= 0.3 is 11.9 Å². The Labute approximate surface area is 336 Å². The number of aliphatic hydroxyl groups is 1. The van der Waals surface area contributed by atoms with Gasteiger partial charge in [-0.15, -0.1) is 0 Å². The lowest BCUT2D eigenvalue weighted by molar-refractivity contribution is -0.161. The van der Waals surface area contributed by atoms with Crippen molar-refractivity contribution in [1.82, 2.24) is 0 Å². The fourth-order valence-electron chi connectivity index (χ4n) is 7.46. The predicted molar refractivity (Wildman–Crippen MR) is 226 cm³/mol. The Balaban J connectivity index is 1.37. The first kappa shape index (κ1) is 48.6. The van der Waals surface area contributed by atoms with E-state index in [2.05, 4.69) is 40.7 Å². The van der Waals surface area contributed by atoms with Gasteiger partial charge in [0, 0.05) is 38.5 Å². The van der Waals surface area contributed by atoms with Crippen LogP contribution in [0.2, 0.25) is 0 Å². The van der Waals surface area contributed by atoms with Crippen LogP contribution in [0.15, 0.2) is 14.9 Å². The SMILES string of the molecule is CCCCCc1cc(C)c(CCCCCCCCCCCCC(=O)O[C@@H](CO)COC(=O)CCCCCCCCCCc2oc(CCCCC)c(C)c2C)o1. The number of aliphatic hydroxyl groups excluding tert-OH is 1. The Morgan fingerprint density at radius 2 is 0.964 bits per heavy atom. The van der Waals surface area contributed by atoms with E-state index in [-0.39, 0.29) is 25.2 Å². The monoisotopic (exact) mass is 771 g/mol. The Morgan fingerprint density at radius 3 is 1.45 bits per heavy atom. The molecule has 0 saturated carbocycles. The maximum atomic E-state index is 12.3. The lowest BCUT2D eigenvalue weighted by atomic mass is 10.0. The Kier molecular flexibility index (Phi) is 27.9. The summed E-state index contributed by atoms with van der Waals surface area (Å²) in [5.41, 5.74) is 4.02. The van der Waals surface area contributed by atoms with E-state index in [9.17, 15) is 14.7 Å². The molecule has 0 aliphatic heterocycles. The molecule has 2 heterocycles. The number of hydrogen-bond donors (Lipinski definition) is 1. The Morgan fingerprint density at radius 1 is 0.545 bits per heavy atom. The summed E-state index contributed by atoms with van der Waals surface area (Å²) in [5.74, 6) is 4.11. The number of ether oxygens (including phenoxy) is 2. The number of carbonyl (C=O) groups is 2. The smallest absolute Gasteiger partial charge is 0.306 e. The quantitative estimate of drug-likeness (QED) is 0.0544. The number of aryl methyl sites for hydroxylation is 5. The normalized spacial score (nSPS) is 12.0. The molecule has 0 bridgehead atoms. The summed E-state index contributed by atoms with van der Waals surface area (Å²) in [6, 6.07) is 2.24. The molecule has 7 nitrogen and oxygen atoms in total. The van der Waals surface area contributed by atoms with Gasteiger partial charge in [0.25, 0.3) is 0 Å². The molecule has 0 amide bonds. The van der Waals surface area contributed by atoms with Crippen LogP contribution in [0.4, 0.5) is 0 Å². The first-order valence-electron chi connectivity index (χ1n) is 22.9. The minimum absolute atomic E-state index is 0.0825. The van der Waals surface area contributed by atoms with Gasteiger partial charge in [-0.05, 0) is 82.1 Å². The summed E-state index contributed by atoms with van der Waals surface area (Å²) in [6.07, 6.45) is 32.2. The molecular formula is C48H82O7. The van der Waals surface area contributed by atoms with E-state index in [1.54, 1.807) is 0 Å². The molecule has 2 rings (SSSR count). The molecule has 2 aromatic rings. The average molecular weight is 771 g/mol. The summed E-state index contributed by atoms with van der Waals surface area (Å²) >= 11 is 0. The van der Waals surface area contributed by atoms with Gasteiger partial charge in [-0.2, -0.15) is 0 Å². The molecule has 0 spiro atoms. The highest BCUT2D eigenvalue weighted by Gasteiger charge is 2.16. The van der Waals surface area contributed by atoms with Crippen LogP contribution in [0.1, 0.15) is 221 Å². The van der Waals surface area contributed by atoms with Gasteiger partial charge in [0.15, 0.2) is 6.10 Å². The fraction of sp³-hybridized carbons (Fsp3) is 0.792. The molecule has 0 saturated heterocycles. The topological polar surface area (TPSA) is 99.1 Å². The molecule has 1 N–H and O–H groups in total. The lowest BCUT2D eigenvalue weighted by Gasteiger charge is -2.15. The molecule has 55 heavy (non-hydrogen) atoms. The lowest BCUT2D eigenvalue weighted by Crippen LogP contribution is -2.28. The van der Waals surface area contributed by atoms with Crippen molar-refractivity contribution in [1.29, 1.82) is 0 Å². The second-order valence-corrected chi connectivity index (χ2v) is 16.3. The third kappa shape index (κ3) is 22.7. The minimum Gasteiger partial charge on any atom is -0.466 e. The molecule has 2 aromatic heterocycles. The molecule has 316 valence electrons. The van der Waals surface area contributed by atoms with Crippen molar-refractivity contribution < 1.29 is 33.0 Å². The summed E-state index contributed by atoms with van der Waals surface area (Å²) < 4.78 is 23.0. The predicted octanol–water partition coefficient (Wildman–Crippen LogP) is 13.3. The van der Waals surface area contributed by atoms with Crippen LogP contribution in [0.5, 0.6) is 0 Å². The molecule has 0 fully saturated rings. The van der Waals surface area contributed by atoms with Crippen molar-refractivity contribution in [3.8, 4) is 0 Å². The standard InChI is InChI=1S/C48H82O7/c1-6-8-24-30-42-36-39(3)44(53-42)31-26-20-16-12-10-11-13-19-23-29-35-48(51)54-43(37-49)38-52-47(50)34-28-22-18-15-14-17-21-27-33-46-41(5)40(4)45(55-46)32-25-9-7-2/h36,43,49H,6-35,37-38H2,1-5H3/t43-/m0/s1. The van der Waals surface area contributed by atoms with Crippen LogP contribution in [-0.4, -0.2) is 36.4 Å². The maximum Gasteiger partial charge on any atom is 0.306 e. The van der Waals surface area contributed by atoms with Gasteiger partial charge in [-0.25, -0.2) is 0 Å². The first-order chi connectivity index (χ1) is 26.8. The van der Waals surface area contributed by atoms with Gasteiger partial charge in [-0.3, -0.25) is 9.59 Å². The van der Waals surface area contributed by atoms with E-state index in [4.69, 9.17) is 18.3 Å². The third-order valence-electron chi connectivity index (χ3n) is 11.3. The summed E-state index contributed by atoms with van der Waals surface area (Å²) in [6.45, 7) is 10.6. The summed E-state index contributed by atoms with van der Waals surface area (Å²) in [5, 5.41) is 9.64. The van der Waals surface area contributed by atoms with Crippen molar-refractivity contribution in [2.45, 2.75) is 233 Å². The van der Waals surface area contributed by atoms with Gasteiger partial charge < -0.3 is 23.4 Å². The third-order valence-corrected chi connectivity index (χ3v) is 11.3. The number of carbonyl (C=O) groups excluding carboxylic acids is 2. The molecule has 0 radical (unpaired) electrons. The number of unbranched alkanes of at least 4 members (excludes halogenated alkanes) is 20. The molecule has 0 aliphatic rings. The average Bonchev–Trinajstić information content (AvgIpc) is 3.67. The zero-order chi connectivity index (χ0) is 39.9. The van der Waals surface area contributed by atoms with Crippen LogP contribution in [0.25, 0.3) is 0 Å². The molecule has 0 unspecified atom stereocenters. The van der Waals surface area contributed by atoms with E-state index < -0.39 is 6.10 Å². The van der Waals surface area contributed by atoms with Gasteiger partial charge in [-0.1, -0.05) is 129 Å². The number of rotatable bonds is 36.